The maximum absolute atomic E-state index is 10.5. The van der Waals surface area contributed by atoms with Crippen molar-refractivity contribution in [3.63, 3.8) is 0 Å². The summed E-state index contributed by atoms with van der Waals surface area (Å²) in [6, 6.07) is 0. The van der Waals surface area contributed by atoms with Crippen molar-refractivity contribution in [3.8, 4) is 0 Å². The van der Waals surface area contributed by atoms with Crippen molar-refractivity contribution in [3.05, 3.63) is 0 Å². The Morgan fingerprint density at radius 3 is 1.08 bits per heavy atom. The summed E-state index contributed by atoms with van der Waals surface area (Å²) in [5.74, 6) is 0. The summed E-state index contributed by atoms with van der Waals surface area (Å²) in [6.45, 7) is 1.66. The Bertz CT molecular complexity index is 213. The molecule has 0 aliphatic carbocycles. The summed E-state index contributed by atoms with van der Waals surface area (Å²) in [6.07, 6.45) is 0. The minimum Gasteiger partial charge on any atom is -0.324 e. The van der Waals surface area contributed by atoms with Crippen LogP contribution in [0.5, 0.6) is 0 Å². The molecule has 0 aromatic heterocycles. The quantitative estimate of drug-likeness (QED) is 0.371. The first-order valence-corrected chi connectivity index (χ1v) is 5.84. The second-order valence-corrected chi connectivity index (χ2v) is 7.35. The van der Waals surface area contributed by atoms with Crippen LogP contribution in [0.15, 0.2) is 0 Å². The Balaban J connectivity index is 0. The summed E-state index contributed by atoms with van der Waals surface area (Å²) >= 11 is 0. The minimum atomic E-state index is -4.75. The molecule has 0 saturated carbocycles. The van der Waals surface area contributed by atoms with Gasteiger partial charge in [0.05, 0.1) is 0 Å². The van der Waals surface area contributed by atoms with Crippen molar-refractivity contribution in [1.29, 1.82) is 0 Å². The maximum Gasteiger partial charge on any atom is 0.343 e. The molecule has 0 spiro atoms. The fraction of sp³-hybridized carbons (Fsp3) is 1.00. The van der Waals surface area contributed by atoms with E-state index >= 15 is 0 Å². The maximum atomic E-state index is 10.5. The highest BCUT2D eigenvalue weighted by Crippen LogP contribution is 2.68. The molecule has 0 amide bonds. The highest BCUT2D eigenvalue weighted by Gasteiger charge is 2.52. The van der Waals surface area contributed by atoms with E-state index in [1.807, 2.05) is 0 Å². The van der Waals surface area contributed by atoms with Gasteiger partial charge in [0.15, 0.2) is 4.90 Å². The van der Waals surface area contributed by atoms with E-state index in [2.05, 4.69) is 0 Å². The molecule has 9 heteroatoms. The lowest BCUT2D eigenvalue weighted by molar-refractivity contribution is 0.318. The highest BCUT2D eigenvalue weighted by atomic mass is 31.2. The van der Waals surface area contributed by atoms with Crippen molar-refractivity contribution in [2.24, 2.45) is 0 Å². The van der Waals surface area contributed by atoms with Crippen molar-refractivity contribution in [1.82, 2.24) is 0 Å². The van der Waals surface area contributed by atoms with Crippen LogP contribution in [-0.2, 0) is 9.13 Å². The van der Waals surface area contributed by atoms with Gasteiger partial charge in [-0.05, 0) is 13.8 Å². The molecule has 0 bridgehead atoms. The van der Waals surface area contributed by atoms with E-state index in [0.29, 0.717) is 0 Å². The lowest BCUT2D eigenvalue weighted by Crippen LogP contribution is -2.19. The third kappa shape index (κ3) is 2.70. The predicted molar refractivity (Wildman–Crippen MR) is 43.9 cm³/mol. The van der Waals surface area contributed by atoms with E-state index in [1.54, 1.807) is 0 Å². The van der Waals surface area contributed by atoms with Crippen LogP contribution in [0.3, 0.4) is 0 Å². The van der Waals surface area contributed by atoms with Gasteiger partial charge >= 0.3 is 15.2 Å². The van der Waals surface area contributed by atoms with Crippen molar-refractivity contribution in [2.45, 2.75) is 18.7 Å². The zero-order valence-electron chi connectivity index (χ0n) is 6.58. The topological polar surface area (TPSA) is 115 Å². The molecule has 6 nitrogen and oxygen atoms in total. The Morgan fingerprint density at radius 1 is 0.917 bits per heavy atom. The molecule has 0 aromatic rings. The smallest absolute Gasteiger partial charge is 0.324 e. The van der Waals surface area contributed by atoms with Crippen LogP contribution in [0.4, 0.5) is 0 Å². The lowest BCUT2D eigenvalue weighted by Gasteiger charge is -2.25. The monoisotopic (exact) mass is 215 g/mol. The molecule has 71 valence electrons. The second kappa shape index (κ2) is 3.62. The van der Waals surface area contributed by atoms with Gasteiger partial charge < -0.3 is 19.6 Å². The molecule has 0 aliphatic heterocycles. The summed E-state index contributed by atoms with van der Waals surface area (Å²) in [4.78, 5) is 31.7. The molecule has 4 N–H and O–H groups in total. The molecule has 0 aromatic carbocycles. The Kier molecular flexibility index (Phi) is 4.48. The fourth-order valence-corrected chi connectivity index (χ4v) is 1.53. The van der Waals surface area contributed by atoms with Gasteiger partial charge in [-0.1, -0.05) is 0 Å². The van der Waals surface area contributed by atoms with Gasteiger partial charge in [-0.15, -0.1) is 0 Å². The van der Waals surface area contributed by atoms with Gasteiger partial charge in [-0.25, -0.2) is 0 Å². The van der Waals surface area contributed by atoms with Crippen LogP contribution in [0.25, 0.3) is 0 Å². The average Bonchev–Trinajstić information content (AvgIpc) is 1.58. The number of hydrogen-bond acceptors (Lipinski definition) is 2. The SMILES string of the molecule is CC(C)(P(=O)(O)O)P(=O)(O)O.[B]. The summed E-state index contributed by atoms with van der Waals surface area (Å²) in [5, 5.41) is 0. The van der Waals surface area contributed by atoms with Gasteiger partial charge in [0.25, 0.3) is 0 Å². The van der Waals surface area contributed by atoms with Gasteiger partial charge in [0, 0.05) is 8.41 Å². The third-order valence-electron chi connectivity index (χ3n) is 1.43. The first kappa shape index (κ1) is 14.9. The Hall–Kier alpha value is 0.365. The van der Waals surface area contributed by atoms with Gasteiger partial charge in [0.2, 0.25) is 0 Å². The molecule has 0 aliphatic rings. The predicted octanol–water partition coefficient (Wildman–Crippen LogP) is -0.303. The first-order valence-electron chi connectivity index (χ1n) is 2.61. The van der Waals surface area contributed by atoms with E-state index in [0.717, 1.165) is 13.8 Å². The molecule has 0 atom stereocenters. The molecule has 0 fully saturated rings. The fourth-order valence-electron chi connectivity index (χ4n) is 0.170. The standard InChI is InChI=1S/C3H10O6P2.B/c1-3(2,10(4,5)6)11(7,8)9;/h1-2H3,(H2,4,5,6)(H2,7,8,9);. The average molecular weight is 215 g/mol. The van der Waals surface area contributed by atoms with Crippen LogP contribution in [0.2, 0.25) is 0 Å². The molecular formula is C3H10BO6P2. The molecular weight excluding hydrogens is 205 g/mol. The zero-order valence-corrected chi connectivity index (χ0v) is 8.37. The van der Waals surface area contributed by atoms with E-state index in [1.165, 1.54) is 0 Å². The van der Waals surface area contributed by atoms with Crippen LogP contribution in [0.1, 0.15) is 13.8 Å². The molecule has 0 saturated heterocycles. The Morgan fingerprint density at radius 2 is 1.08 bits per heavy atom. The molecule has 12 heavy (non-hydrogen) atoms. The largest absolute Gasteiger partial charge is 0.343 e. The summed E-state index contributed by atoms with van der Waals surface area (Å²) in [7, 11) is -9.51. The molecule has 3 radical (unpaired) electrons. The van der Waals surface area contributed by atoms with Gasteiger partial charge in [-0.2, -0.15) is 0 Å². The van der Waals surface area contributed by atoms with Crippen LogP contribution >= 0.6 is 15.2 Å². The van der Waals surface area contributed by atoms with Crippen molar-refractivity contribution in [2.75, 3.05) is 0 Å². The molecule has 0 rings (SSSR count). The lowest BCUT2D eigenvalue weighted by atomic mass is 10.5. The molecule has 0 heterocycles. The third-order valence-corrected chi connectivity index (χ3v) is 5.84. The van der Waals surface area contributed by atoms with Crippen LogP contribution in [0, 0.1) is 0 Å². The number of hydrogen-bond donors (Lipinski definition) is 4. The van der Waals surface area contributed by atoms with Crippen LogP contribution in [-0.4, -0.2) is 32.9 Å². The minimum absolute atomic E-state index is 0. The number of rotatable bonds is 2. The zero-order chi connectivity index (χ0) is 9.50. The van der Waals surface area contributed by atoms with E-state index in [9.17, 15) is 9.13 Å². The van der Waals surface area contributed by atoms with E-state index in [4.69, 9.17) is 19.6 Å². The van der Waals surface area contributed by atoms with Crippen molar-refractivity contribution >= 4 is 23.6 Å². The second-order valence-electron chi connectivity index (χ2n) is 2.58. The van der Waals surface area contributed by atoms with E-state index in [-0.39, 0.29) is 8.41 Å². The van der Waals surface area contributed by atoms with Crippen molar-refractivity contribution < 1.29 is 28.7 Å². The summed E-state index contributed by atoms with van der Waals surface area (Å²) in [5.41, 5.74) is 0. The normalized spacial score (nSPS) is 13.8. The first-order chi connectivity index (χ1) is 4.50. The van der Waals surface area contributed by atoms with Gasteiger partial charge in [-0.3, -0.25) is 9.13 Å². The van der Waals surface area contributed by atoms with Crippen LogP contribution < -0.4 is 0 Å². The van der Waals surface area contributed by atoms with Gasteiger partial charge in [0.1, 0.15) is 0 Å². The summed E-state index contributed by atoms with van der Waals surface area (Å²) < 4.78 is 21.0. The molecule has 0 unspecified atom stereocenters. The Labute approximate surface area is 71.9 Å². The highest BCUT2D eigenvalue weighted by molar-refractivity contribution is 7.72. The van der Waals surface area contributed by atoms with E-state index < -0.39 is 20.1 Å².